The van der Waals surface area contributed by atoms with Crippen LogP contribution in [0.5, 0.6) is 5.75 Å². The van der Waals surface area contributed by atoms with Crippen molar-refractivity contribution in [2.75, 3.05) is 112 Å². The predicted molar refractivity (Wildman–Crippen MR) is 195 cm³/mol. The lowest BCUT2D eigenvalue weighted by atomic mass is 10.2. The van der Waals surface area contributed by atoms with Crippen LogP contribution in [0, 0.1) is 0 Å². The van der Waals surface area contributed by atoms with E-state index < -0.39 is 0 Å². The van der Waals surface area contributed by atoms with Crippen LogP contribution in [0.2, 0.25) is 0 Å². The van der Waals surface area contributed by atoms with E-state index in [-0.39, 0.29) is 58.7 Å². The van der Waals surface area contributed by atoms with Crippen LogP contribution in [0.4, 0.5) is 0 Å². The Kier molecular flexibility index (Phi) is 23.9. The van der Waals surface area contributed by atoms with E-state index in [1.807, 2.05) is 0 Å². The van der Waals surface area contributed by atoms with Gasteiger partial charge in [-0.3, -0.25) is 19.3 Å². The largest absolute Gasteiger partial charge is 0.491 e. The van der Waals surface area contributed by atoms with Crippen LogP contribution in [0.3, 0.4) is 0 Å². The van der Waals surface area contributed by atoms with Crippen molar-refractivity contribution in [2.24, 2.45) is 21.7 Å². The fourth-order valence-electron chi connectivity index (χ4n) is 3.83. The lowest BCUT2D eigenvalue weighted by Crippen LogP contribution is -2.34. The number of amides is 3. The highest BCUT2D eigenvalue weighted by atomic mass is 79.9. The van der Waals surface area contributed by atoms with Gasteiger partial charge < -0.3 is 54.7 Å². The number of hydrogen-bond donors (Lipinski definition) is 3. The summed E-state index contributed by atoms with van der Waals surface area (Å²) in [4.78, 5) is 36.8. The standard InChI is InChI=1S/C32H48Br2N6O11/c1-24(35)38-39-30(36)25-2-4-26(5-3-25)51-23-22-50-21-20-48-16-13-45-10-7-37-27(41)6-9-44-12-15-47-18-19-49-17-14-46-11-8-40-31(42)28(33)29(34)32(40)43/h2-5H,6-23H2,1H3,(H2,35,38)(H2,36,39)(H,37,41). The van der Waals surface area contributed by atoms with Gasteiger partial charge in [0.15, 0.2) is 5.84 Å². The van der Waals surface area contributed by atoms with Crippen LogP contribution >= 0.6 is 31.9 Å². The second-order valence-electron chi connectivity index (χ2n) is 10.4. The van der Waals surface area contributed by atoms with Crippen LogP contribution in [-0.2, 0) is 47.5 Å². The first-order chi connectivity index (χ1) is 24.7. The van der Waals surface area contributed by atoms with Crippen molar-refractivity contribution in [2.45, 2.75) is 13.3 Å². The number of rotatable bonds is 30. The van der Waals surface area contributed by atoms with E-state index in [0.29, 0.717) is 110 Å². The van der Waals surface area contributed by atoms with Gasteiger partial charge in [-0.1, -0.05) is 0 Å². The molecule has 1 aromatic rings. The summed E-state index contributed by atoms with van der Waals surface area (Å²) in [6, 6.07) is 7.14. The minimum absolute atomic E-state index is 0.122. The average Bonchev–Trinajstić information content (AvgIpc) is 3.30. The number of carbonyl (C=O) groups excluding carboxylic acids is 3. The van der Waals surface area contributed by atoms with Gasteiger partial charge in [-0.05, 0) is 63.0 Å². The molecular weight excluding hydrogens is 804 g/mol. The summed E-state index contributed by atoms with van der Waals surface area (Å²) in [6.07, 6.45) is 0.241. The summed E-state index contributed by atoms with van der Waals surface area (Å²) in [6.45, 7) is 7.75. The number of carbonyl (C=O) groups is 3. The van der Waals surface area contributed by atoms with Crippen molar-refractivity contribution < 1.29 is 52.3 Å². The summed E-state index contributed by atoms with van der Waals surface area (Å²) in [5, 5.41) is 10.4. The Morgan fingerprint density at radius 2 is 1.12 bits per heavy atom. The average molecular weight is 853 g/mol. The first kappa shape index (κ1) is 44.2. The lowest BCUT2D eigenvalue weighted by molar-refractivity contribution is -0.138. The molecule has 2 rings (SSSR count). The van der Waals surface area contributed by atoms with Gasteiger partial charge in [0, 0.05) is 18.5 Å². The van der Waals surface area contributed by atoms with Crippen molar-refractivity contribution in [3.63, 3.8) is 0 Å². The molecular formula is C32H48Br2N6O11. The molecule has 286 valence electrons. The van der Waals surface area contributed by atoms with Gasteiger partial charge in [0.1, 0.15) is 27.2 Å². The van der Waals surface area contributed by atoms with E-state index in [4.69, 9.17) is 49.4 Å². The number of halogens is 2. The SMILES string of the molecule is C/C(N)=N/N=C(\N)c1ccc(OCCOCCOCCOCCNC(=O)CCOCCOCCOCCOCCN2C(=O)C(Br)=C(Br)C2=O)cc1. The van der Waals surface area contributed by atoms with E-state index in [2.05, 4.69) is 47.4 Å². The fourth-order valence-corrected chi connectivity index (χ4v) is 4.59. The third-order valence-electron chi connectivity index (χ3n) is 6.38. The van der Waals surface area contributed by atoms with Gasteiger partial charge in [-0.15, -0.1) is 10.2 Å². The molecule has 0 fully saturated rings. The number of nitrogens with one attached hydrogen (secondary N) is 1. The molecule has 0 saturated heterocycles. The number of benzene rings is 1. The smallest absolute Gasteiger partial charge is 0.269 e. The predicted octanol–water partition coefficient (Wildman–Crippen LogP) is 1.06. The molecule has 0 spiro atoms. The molecule has 19 heteroatoms. The third kappa shape index (κ3) is 20.0. The molecule has 1 aliphatic rings. The third-order valence-corrected chi connectivity index (χ3v) is 8.39. The number of nitrogens with zero attached hydrogens (tertiary/aromatic N) is 3. The molecule has 0 saturated carbocycles. The van der Waals surface area contributed by atoms with Gasteiger partial charge in [0.05, 0.1) is 99.0 Å². The first-order valence-corrected chi connectivity index (χ1v) is 17.9. The minimum Gasteiger partial charge on any atom is -0.491 e. The maximum atomic E-state index is 11.9. The van der Waals surface area contributed by atoms with Crippen molar-refractivity contribution >= 4 is 61.3 Å². The molecule has 3 amide bonds. The zero-order valence-corrected chi connectivity index (χ0v) is 32.0. The zero-order valence-electron chi connectivity index (χ0n) is 28.8. The molecule has 17 nitrogen and oxygen atoms in total. The molecule has 1 aromatic carbocycles. The van der Waals surface area contributed by atoms with Gasteiger partial charge >= 0.3 is 0 Å². The molecule has 0 aromatic heterocycles. The van der Waals surface area contributed by atoms with Crippen LogP contribution in [0.25, 0.3) is 0 Å². The van der Waals surface area contributed by atoms with Gasteiger partial charge in [-0.2, -0.15) is 0 Å². The van der Waals surface area contributed by atoms with Crippen LogP contribution in [-0.4, -0.2) is 146 Å². The minimum atomic E-state index is -0.389. The Morgan fingerprint density at radius 1 is 0.667 bits per heavy atom. The number of ether oxygens (including phenoxy) is 8. The van der Waals surface area contributed by atoms with Crippen molar-refractivity contribution in [1.82, 2.24) is 10.2 Å². The summed E-state index contributed by atoms with van der Waals surface area (Å²) in [7, 11) is 0. The summed E-state index contributed by atoms with van der Waals surface area (Å²) < 4.78 is 44.2. The van der Waals surface area contributed by atoms with Crippen molar-refractivity contribution in [1.29, 1.82) is 0 Å². The van der Waals surface area contributed by atoms with Gasteiger partial charge in [0.25, 0.3) is 11.8 Å². The quantitative estimate of drug-likeness (QED) is 0.0325. The molecule has 0 atom stereocenters. The number of hydrogen-bond acceptors (Lipinski definition) is 13. The van der Waals surface area contributed by atoms with Crippen LogP contribution in [0.1, 0.15) is 18.9 Å². The van der Waals surface area contributed by atoms with E-state index in [0.717, 1.165) is 4.90 Å². The normalized spacial score (nSPS) is 13.8. The lowest BCUT2D eigenvalue weighted by Gasteiger charge is -2.14. The maximum Gasteiger partial charge on any atom is 0.269 e. The Morgan fingerprint density at radius 3 is 1.63 bits per heavy atom. The highest BCUT2D eigenvalue weighted by Gasteiger charge is 2.35. The second kappa shape index (κ2) is 27.6. The van der Waals surface area contributed by atoms with Crippen molar-refractivity contribution in [3.8, 4) is 5.75 Å². The number of nitrogens with two attached hydrogens (primary N) is 2. The number of imide groups is 1. The summed E-state index contributed by atoms with van der Waals surface area (Å²) in [5.74, 6) is 0.368. The van der Waals surface area contributed by atoms with E-state index >= 15 is 0 Å². The van der Waals surface area contributed by atoms with Gasteiger partial charge in [-0.25, -0.2) is 0 Å². The van der Waals surface area contributed by atoms with E-state index in [9.17, 15) is 14.4 Å². The summed E-state index contributed by atoms with van der Waals surface area (Å²) in [5.41, 5.74) is 12.0. The molecule has 1 aliphatic heterocycles. The fraction of sp³-hybridized carbons (Fsp3) is 0.594. The number of amidine groups is 2. The molecule has 0 radical (unpaired) electrons. The summed E-state index contributed by atoms with van der Waals surface area (Å²) >= 11 is 6.16. The molecule has 51 heavy (non-hydrogen) atoms. The topological polar surface area (TPSA) is 217 Å². The van der Waals surface area contributed by atoms with Gasteiger partial charge in [0.2, 0.25) is 5.91 Å². The zero-order chi connectivity index (χ0) is 37.1. The second-order valence-corrected chi connectivity index (χ2v) is 12.0. The molecule has 5 N–H and O–H groups in total. The Balaban J connectivity index is 1.26. The molecule has 0 unspecified atom stereocenters. The first-order valence-electron chi connectivity index (χ1n) is 16.3. The molecule has 1 heterocycles. The van der Waals surface area contributed by atoms with E-state index in [1.54, 1.807) is 31.2 Å². The van der Waals surface area contributed by atoms with Crippen molar-refractivity contribution in [3.05, 3.63) is 38.8 Å². The highest BCUT2D eigenvalue weighted by Crippen LogP contribution is 2.29. The maximum absolute atomic E-state index is 11.9. The van der Waals surface area contributed by atoms with Crippen LogP contribution < -0.4 is 21.5 Å². The molecule has 0 aliphatic carbocycles. The Hall–Kier alpha value is -3.01. The Bertz CT molecular complexity index is 1260. The van der Waals surface area contributed by atoms with E-state index in [1.165, 1.54) is 0 Å². The van der Waals surface area contributed by atoms with Crippen LogP contribution in [0.15, 0.2) is 43.4 Å². The molecule has 0 bridgehead atoms. The highest BCUT2D eigenvalue weighted by molar-refractivity contribution is 9.14. The Labute approximate surface area is 314 Å². The monoisotopic (exact) mass is 850 g/mol.